The molecule has 0 bridgehead atoms. The summed E-state index contributed by atoms with van der Waals surface area (Å²) >= 11 is 0. The summed E-state index contributed by atoms with van der Waals surface area (Å²) in [6.45, 7) is -2.58. The number of halogens is 8. The van der Waals surface area contributed by atoms with Gasteiger partial charge in [-0.05, 0) is 0 Å². The topological polar surface area (TPSA) is 0 Å². The van der Waals surface area contributed by atoms with Gasteiger partial charge < -0.3 is 0 Å². The zero-order valence-corrected chi connectivity index (χ0v) is 7.23. The van der Waals surface area contributed by atoms with E-state index in [9.17, 15) is 35.1 Å². The summed E-state index contributed by atoms with van der Waals surface area (Å²) < 4.78 is 99.7. The molecule has 0 aliphatic heterocycles. The SMILES string of the molecule is FCC(F)(F)c1c(F)c(F)c(F)c(F)c1F. The van der Waals surface area contributed by atoms with Crippen molar-refractivity contribution in [2.75, 3.05) is 6.67 Å². The van der Waals surface area contributed by atoms with Crippen LogP contribution in [0.3, 0.4) is 0 Å². The highest BCUT2D eigenvalue weighted by Crippen LogP contribution is 2.35. The number of hydrogen-bond acceptors (Lipinski definition) is 0. The van der Waals surface area contributed by atoms with Gasteiger partial charge in [0.15, 0.2) is 29.9 Å². The van der Waals surface area contributed by atoms with E-state index in [0.29, 0.717) is 0 Å². The van der Waals surface area contributed by atoms with Crippen molar-refractivity contribution in [3.05, 3.63) is 34.6 Å². The highest BCUT2D eigenvalue weighted by atomic mass is 19.3. The summed E-state index contributed by atoms with van der Waals surface area (Å²) in [7, 11) is 0. The fourth-order valence-electron chi connectivity index (χ4n) is 0.993. The lowest BCUT2D eigenvalue weighted by atomic mass is 10.1. The molecule has 90 valence electrons. The molecule has 1 aromatic carbocycles. The lowest BCUT2D eigenvalue weighted by Gasteiger charge is -2.15. The third-order valence-corrected chi connectivity index (χ3v) is 1.74. The molecule has 0 fully saturated rings. The van der Waals surface area contributed by atoms with Crippen molar-refractivity contribution in [2.45, 2.75) is 5.92 Å². The van der Waals surface area contributed by atoms with Crippen molar-refractivity contribution in [3.8, 4) is 0 Å². The summed E-state index contributed by atoms with van der Waals surface area (Å²) in [5.74, 6) is -17.9. The molecule has 0 unspecified atom stereocenters. The number of alkyl halides is 3. The largest absolute Gasteiger partial charge is 0.306 e. The Morgan fingerprint density at radius 2 is 1.00 bits per heavy atom. The van der Waals surface area contributed by atoms with Crippen LogP contribution in [0.4, 0.5) is 35.1 Å². The van der Waals surface area contributed by atoms with E-state index in [1.807, 2.05) is 0 Å². The molecule has 0 saturated heterocycles. The normalized spacial score (nSPS) is 12.0. The molecule has 0 saturated carbocycles. The number of rotatable bonds is 2. The number of hydrogen-bond donors (Lipinski definition) is 0. The molecule has 1 aromatic rings. The van der Waals surface area contributed by atoms with Gasteiger partial charge in [0, 0.05) is 0 Å². The Morgan fingerprint density at radius 3 is 1.31 bits per heavy atom. The van der Waals surface area contributed by atoms with E-state index in [2.05, 4.69) is 0 Å². The maximum Gasteiger partial charge on any atom is 0.306 e. The Bertz CT molecular complexity index is 396. The first kappa shape index (κ1) is 12.7. The van der Waals surface area contributed by atoms with Gasteiger partial charge in [-0.1, -0.05) is 0 Å². The Balaban J connectivity index is 3.65. The first-order chi connectivity index (χ1) is 7.24. The second-order valence-electron chi connectivity index (χ2n) is 2.78. The minimum Gasteiger partial charge on any atom is -0.244 e. The van der Waals surface area contributed by atoms with Crippen molar-refractivity contribution in [1.82, 2.24) is 0 Å². The van der Waals surface area contributed by atoms with Crippen LogP contribution in [0.1, 0.15) is 5.56 Å². The van der Waals surface area contributed by atoms with E-state index < -0.39 is 47.2 Å². The van der Waals surface area contributed by atoms with Crippen LogP contribution in [0, 0.1) is 29.1 Å². The van der Waals surface area contributed by atoms with Gasteiger partial charge >= 0.3 is 5.92 Å². The van der Waals surface area contributed by atoms with Crippen LogP contribution in [0.25, 0.3) is 0 Å². The minimum absolute atomic E-state index is 2.47. The van der Waals surface area contributed by atoms with E-state index in [0.717, 1.165) is 0 Å². The Hall–Kier alpha value is -1.34. The molecule has 0 radical (unpaired) electrons. The second-order valence-corrected chi connectivity index (χ2v) is 2.78. The minimum atomic E-state index is -4.77. The van der Waals surface area contributed by atoms with Gasteiger partial charge in [-0.25, -0.2) is 26.3 Å². The molecule has 16 heavy (non-hydrogen) atoms. The molecule has 1 rings (SSSR count). The fraction of sp³-hybridized carbons (Fsp3) is 0.250. The summed E-state index contributed by atoms with van der Waals surface area (Å²) in [5, 5.41) is 0. The van der Waals surface area contributed by atoms with E-state index in [4.69, 9.17) is 0 Å². The molecule has 0 N–H and O–H groups in total. The molecule has 8 heteroatoms. The first-order valence-electron chi connectivity index (χ1n) is 3.69. The van der Waals surface area contributed by atoms with Crippen LogP contribution in [-0.4, -0.2) is 6.67 Å². The zero-order chi connectivity index (χ0) is 12.7. The highest BCUT2D eigenvalue weighted by Gasteiger charge is 2.42. The maximum absolute atomic E-state index is 12.7. The maximum atomic E-state index is 12.7. The fourth-order valence-corrected chi connectivity index (χ4v) is 0.993. The molecule has 0 nitrogen and oxygen atoms in total. The predicted molar refractivity (Wildman–Crippen MR) is 36.1 cm³/mol. The molecular weight excluding hydrogens is 248 g/mol. The standard InChI is InChI=1S/C8H2F8/c9-1-8(15,16)2-3(10)5(12)7(14)6(13)4(2)11/h1H2. The van der Waals surface area contributed by atoms with Gasteiger partial charge in [-0.3, -0.25) is 0 Å². The van der Waals surface area contributed by atoms with Crippen molar-refractivity contribution in [3.63, 3.8) is 0 Å². The Morgan fingerprint density at radius 1 is 0.688 bits per heavy atom. The zero-order valence-electron chi connectivity index (χ0n) is 7.23. The Labute approximate surface area is 83.5 Å². The third-order valence-electron chi connectivity index (χ3n) is 1.74. The van der Waals surface area contributed by atoms with Crippen LogP contribution in [0.5, 0.6) is 0 Å². The summed E-state index contributed by atoms with van der Waals surface area (Å²) in [4.78, 5) is 0. The van der Waals surface area contributed by atoms with Gasteiger partial charge in [-0.2, -0.15) is 8.78 Å². The van der Waals surface area contributed by atoms with Crippen LogP contribution >= 0.6 is 0 Å². The van der Waals surface area contributed by atoms with Crippen LogP contribution in [-0.2, 0) is 5.92 Å². The first-order valence-corrected chi connectivity index (χ1v) is 3.69. The molecule has 0 spiro atoms. The highest BCUT2D eigenvalue weighted by molar-refractivity contribution is 5.28. The molecule has 0 amide bonds. The average molecular weight is 250 g/mol. The molecule has 0 aromatic heterocycles. The van der Waals surface area contributed by atoms with Crippen LogP contribution in [0.15, 0.2) is 0 Å². The van der Waals surface area contributed by atoms with Crippen molar-refractivity contribution in [2.24, 2.45) is 0 Å². The van der Waals surface area contributed by atoms with E-state index >= 15 is 0 Å². The molecule has 0 aliphatic carbocycles. The van der Waals surface area contributed by atoms with Crippen LogP contribution < -0.4 is 0 Å². The van der Waals surface area contributed by atoms with Gasteiger partial charge in [0.1, 0.15) is 5.56 Å². The smallest absolute Gasteiger partial charge is 0.244 e. The summed E-state index contributed by atoms with van der Waals surface area (Å²) in [5.41, 5.74) is -2.47. The Kier molecular flexibility index (Phi) is 3.11. The van der Waals surface area contributed by atoms with E-state index in [-0.39, 0.29) is 0 Å². The molecular formula is C8H2F8. The van der Waals surface area contributed by atoms with Gasteiger partial charge in [0.2, 0.25) is 5.82 Å². The van der Waals surface area contributed by atoms with Gasteiger partial charge in [0.25, 0.3) is 0 Å². The molecule has 0 aliphatic rings. The third kappa shape index (κ3) is 1.72. The van der Waals surface area contributed by atoms with Crippen LogP contribution in [0.2, 0.25) is 0 Å². The van der Waals surface area contributed by atoms with E-state index in [1.54, 1.807) is 0 Å². The second kappa shape index (κ2) is 3.91. The van der Waals surface area contributed by atoms with Gasteiger partial charge in [0.05, 0.1) is 0 Å². The predicted octanol–water partition coefficient (Wildman–Crippen LogP) is 3.44. The average Bonchev–Trinajstić information content (AvgIpc) is 2.23. The van der Waals surface area contributed by atoms with Crippen molar-refractivity contribution in [1.29, 1.82) is 0 Å². The summed E-state index contributed by atoms with van der Waals surface area (Å²) in [6.07, 6.45) is 0. The number of benzene rings is 1. The van der Waals surface area contributed by atoms with Gasteiger partial charge in [-0.15, -0.1) is 0 Å². The van der Waals surface area contributed by atoms with E-state index in [1.165, 1.54) is 0 Å². The summed E-state index contributed by atoms with van der Waals surface area (Å²) in [6, 6.07) is 0. The monoisotopic (exact) mass is 250 g/mol. The van der Waals surface area contributed by atoms with Crippen molar-refractivity contribution < 1.29 is 35.1 Å². The van der Waals surface area contributed by atoms with Crippen molar-refractivity contribution >= 4 is 0 Å². The quantitative estimate of drug-likeness (QED) is 0.428. The molecule has 0 atom stereocenters. The lowest BCUT2D eigenvalue weighted by molar-refractivity contribution is -0.0358. The lowest BCUT2D eigenvalue weighted by Crippen LogP contribution is -2.23. The molecule has 0 heterocycles.